The van der Waals surface area contributed by atoms with E-state index >= 15 is 0 Å². The maximum atomic E-state index is 2.54. The molecule has 1 aliphatic rings. The van der Waals surface area contributed by atoms with Crippen molar-refractivity contribution in [3.63, 3.8) is 0 Å². The molecule has 2 nitrogen and oxygen atoms in total. The molecular formula is C45H42N2. The molecule has 0 bridgehead atoms. The van der Waals surface area contributed by atoms with Gasteiger partial charge in [-0.3, -0.25) is 0 Å². The Morgan fingerprint density at radius 1 is 0.574 bits per heavy atom. The van der Waals surface area contributed by atoms with Crippen molar-refractivity contribution in [2.75, 3.05) is 9.80 Å². The van der Waals surface area contributed by atoms with Crippen LogP contribution in [0.2, 0.25) is 0 Å². The Hall–Kier alpha value is -5.34. The van der Waals surface area contributed by atoms with Gasteiger partial charge in [-0.2, -0.15) is 0 Å². The third kappa shape index (κ3) is 5.88. The van der Waals surface area contributed by atoms with E-state index in [1.165, 1.54) is 55.7 Å². The van der Waals surface area contributed by atoms with Crippen molar-refractivity contribution in [3.8, 4) is 11.1 Å². The molecular weight excluding hydrogens is 569 g/mol. The van der Waals surface area contributed by atoms with Crippen LogP contribution >= 0.6 is 0 Å². The summed E-state index contributed by atoms with van der Waals surface area (Å²) < 4.78 is 0. The zero-order chi connectivity index (χ0) is 32.2. The van der Waals surface area contributed by atoms with Gasteiger partial charge in [-0.25, -0.2) is 0 Å². The van der Waals surface area contributed by atoms with Crippen molar-refractivity contribution in [3.05, 3.63) is 174 Å². The average molecular weight is 611 g/mol. The minimum atomic E-state index is 0.246. The van der Waals surface area contributed by atoms with Gasteiger partial charge in [0.15, 0.2) is 0 Å². The Morgan fingerprint density at radius 2 is 1.13 bits per heavy atom. The maximum absolute atomic E-state index is 2.54. The summed E-state index contributed by atoms with van der Waals surface area (Å²) in [5.74, 6) is 0. The topological polar surface area (TPSA) is 6.48 Å². The zero-order valence-corrected chi connectivity index (χ0v) is 27.6. The van der Waals surface area contributed by atoms with Gasteiger partial charge in [-0.1, -0.05) is 117 Å². The molecule has 0 aliphatic heterocycles. The summed E-state index contributed by atoms with van der Waals surface area (Å²) in [6, 6.07) is 48.9. The van der Waals surface area contributed by atoms with Gasteiger partial charge in [0, 0.05) is 33.8 Å². The molecule has 0 saturated carbocycles. The lowest BCUT2D eigenvalue weighted by Gasteiger charge is -2.34. The predicted octanol–water partition coefficient (Wildman–Crippen LogP) is 12.4. The number of allylic oxidation sites excluding steroid dienone is 2. The normalized spacial score (nSPS) is 14.0. The first-order chi connectivity index (χ1) is 23.2. The van der Waals surface area contributed by atoms with Crippen LogP contribution in [0.3, 0.4) is 0 Å². The fraction of sp³-hybridized carbons (Fsp3) is 0.156. The molecule has 1 unspecified atom stereocenters. The summed E-state index contributed by atoms with van der Waals surface area (Å²) in [5, 5.41) is 2.59. The molecule has 6 aromatic carbocycles. The van der Waals surface area contributed by atoms with Gasteiger partial charge in [-0.15, -0.1) is 0 Å². The maximum Gasteiger partial charge on any atom is 0.0560 e. The van der Waals surface area contributed by atoms with Gasteiger partial charge in [-0.05, 0) is 114 Å². The van der Waals surface area contributed by atoms with Crippen LogP contribution in [0.5, 0.6) is 0 Å². The van der Waals surface area contributed by atoms with Crippen LogP contribution in [-0.4, -0.2) is 6.04 Å². The molecule has 0 saturated heterocycles. The number of aryl methyl sites for hydroxylation is 3. The van der Waals surface area contributed by atoms with E-state index in [0.717, 1.165) is 30.6 Å². The Labute approximate surface area is 279 Å². The Balaban J connectivity index is 1.44. The van der Waals surface area contributed by atoms with Gasteiger partial charge in [0.2, 0.25) is 0 Å². The fourth-order valence-corrected chi connectivity index (χ4v) is 7.15. The highest BCUT2D eigenvalue weighted by Crippen LogP contribution is 2.45. The fourth-order valence-electron chi connectivity index (χ4n) is 7.15. The number of rotatable bonds is 9. The third-order valence-electron chi connectivity index (χ3n) is 9.41. The van der Waals surface area contributed by atoms with Crippen molar-refractivity contribution in [1.29, 1.82) is 0 Å². The van der Waals surface area contributed by atoms with E-state index in [0.29, 0.717) is 0 Å². The van der Waals surface area contributed by atoms with Gasteiger partial charge in [0.1, 0.15) is 0 Å². The van der Waals surface area contributed by atoms with Gasteiger partial charge >= 0.3 is 0 Å². The number of hydrogen-bond donors (Lipinski definition) is 0. The van der Waals surface area contributed by atoms with Crippen molar-refractivity contribution < 1.29 is 0 Å². The molecule has 1 aliphatic carbocycles. The summed E-state index contributed by atoms with van der Waals surface area (Å²) in [5.41, 5.74) is 12.7. The summed E-state index contributed by atoms with van der Waals surface area (Å²) in [4.78, 5) is 4.93. The average Bonchev–Trinajstić information content (AvgIpc) is 3.14. The van der Waals surface area contributed by atoms with Crippen molar-refractivity contribution in [2.24, 2.45) is 0 Å². The third-order valence-corrected chi connectivity index (χ3v) is 9.41. The molecule has 0 heterocycles. The smallest absolute Gasteiger partial charge is 0.0560 e. The van der Waals surface area contributed by atoms with Gasteiger partial charge in [0.25, 0.3) is 0 Å². The van der Waals surface area contributed by atoms with Gasteiger partial charge < -0.3 is 9.80 Å². The van der Waals surface area contributed by atoms with E-state index < -0.39 is 0 Å². The lowest BCUT2D eigenvalue weighted by Crippen LogP contribution is -2.30. The number of para-hydroxylation sites is 3. The van der Waals surface area contributed by atoms with Crippen LogP contribution in [0, 0.1) is 6.92 Å². The van der Waals surface area contributed by atoms with Gasteiger partial charge in [0.05, 0.1) is 6.04 Å². The number of anilines is 5. The van der Waals surface area contributed by atoms with Crippen LogP contribution in [0.15, 0.2) is 158 Å². The lowest BCUT2D eigenvalue weighted by molar-refractivity contribution is 0.787. The van der Waals surface area contributed by atoms with Crippen LogP contribution < -0.4 is 9.80 Å². The minimum Gasteiger partial charge on any atom is -0.334 e. The zero-order valence-electron chi connectivity index (χ0n) is 27.6. The highest BCUT2D eigenvalue weighted by Gasteiger charge is 2.25. The Bertz CT molecular complexity index is 2000. The monoisotopic (exact) mass is 610 g/mol. The molecule has 2 heteroatoms. The van der Waals surface area contributed by atoms with E-state index in [2.05, 4.69) is 188 Å². The van der Waals surface area contributed by atoms with E-state index in [4.69, 9.17) is 0 Å². The number of hydrogen-bond acceptors (Lipinski definition) is 2. The standard InChI is InChI=1S/C45H42N2/c1-4-34-31-43(46(36-20-10-6-11-21-36)37-22-12-7-13-23-37)33(3)30-42(34)45-35(5-2)32-44(40-28-18-19-29-41(40)45)47(38-24-14-8-15-25-38)39-26-16-9-17-27-39/h6-26,28-32,39H,4-5,27H2,1-3H3. The van der Waals surface area contributed by atoms with Crippen molar-refractivity contribution >= 4 is 39.2 Å². The van der Waals surface area contributed by atoms with E-state index in [9.17, 15) is 0 Å². The number of benzene rings is 6. The quantitative estimate of drug-likeness (QED) is 0.161. The molecule has 6 aromatic rings. The van der Waals surface area contributed by atoms with E-state index in [1.807, 2.05) is 0 Å². The second kappa shape index (κ2) is 13.6. The number of fused-ring (bicyclic) bond motifs is 1. The van der Waals surface area contributed by atoms with Crippen molar-refractivity contribution in [2.45, 2.75) is 46.1 Å². The molecule has 0 N–H and O–H groups in total. The Morgan fingerprint density at radius 3 is 1.70 bits per heavy atom. The molecule has 0 aromatic heterocycles. The van der Waals surface area contributed by atoms with E-state index in [-0.39, 0.29) is 6.04 Å². The summed E-state index contributed by atoms with van der Waals surface area (Å²) in [7, 11) is 0. The SMILES string of the molecule is CCc1cc(N(c2ccccc2)c2ccccc2)c(C)cc1-c1c(CC)cc(N(c2ccccc2)C2C=CC=CC2)c2ccccc12. The lowest BCUT2D eigenvalue weighted by atomic mass is 9.86. The van der Waals surface area contributed by atoms with Crippen LogP contribution in [-0.2, 0) is 12.8 Å². The molecule has 0 amide bonds. The first-order valence-corrected chi connectivity index (χ1v) is 16.9. The minimum absolute atomic E-state index is 0.246. The first-order valence-electron chi connectivity index (χ1n) is 16.9. The highest BCUT2D eigenvalue weighted by atomic mass is 15.2. The molecule has 232 valence electrons. The predicted molar refractivity (Wildman–Crippen MR) is 203 cm³/mol. The van der Waals surface area contributed by atoms with Crippen molar-refractivity contribution in [1.82, 2.24) is 0 Å². The largest absolute Gasteiger partial charge is 0.334 e. The molecule has 0 fully saturated rings. The highest BCUT2D eigenvalue weighted by molar-refractivity contribution is 6.07. The van der Waals surface area contributed by atoms with E-state index in [1.54, 1.807) is 0 Å². The number of nitrogens with zero attached hydrogens (tertiary/aromatic N) is 2. The van der Waals surface area contributed by atoms with Crippen LogP contribution in [0.1, 0.15) is 37.0 Å². The molecule has 0 spiro atoms. The van der Waals surface area contributed by atoms with Crippen LogP contribution in [0.4, 0.5) is 28.4 Å². The first kappa shape index (κ1) is 30.3. The molecule has 0 radical (unpaired) electrons. The molecule has 47 heavy (non-hydrogen) atoms. The second-order valence-corrected chi connectivity index (χ2v) is 12.3. The summed E-state index contributed by atoms with van der Waals surface area (Å²) in [6.07, 6.45) is 11.8. The molecule has 1 atom stereocenters. The van der Waals surface area contributed by atoms with Crippen LogP contribution in [0.25, 0.3) is 21.9 Å². The molecule has 7 rings (SSSR count). The second-order valence-electron chi connectivity index (χ2n) is 12.3. The summed E-state index contributed by atoms with van der Waals surface area (Å²) in [6.45, 7) is 6.85. The Kier molecular flexibility index (Phi) is 8.75. The summed E-state index contributed by atoms with van der Waals surface area (Å²) >= 11 is 0.